The van der Waals surface area contributed by atoms with Gasteiger partial charge >= 0.3 is 112 Å². The quantitative estimate of drug-likeness (QED) is 0.794. The molecule has 0 saturated carbocycles. The fraction of sp³-hybridized carbons (Fsp3) is 0.538. The van der Waals surface area contributed by atoms with E-state index < -0.39 is 24.0 Å². The number of carbonyl (C=O) groups excluding carboxylic acids is 1. The molecule has 1 amide bonds. The van der Waals surface area contributed by atoms with Crippen LogP contribution in [0.1, 0.15) is 12.0 Å². The van der Waals surface area contributed by atoms with Gasteiger partial charge in [0.1, 0.15) is 0 Å². The fourth-order valence-electron chi connectivity index (χ4n) is 2.22. The third kappa shape index (κ3) is 2.28. The van der Waals surface area contributed by atoms with Crippen molar-refractivity contribution in [3.8, 4) is 0 Å². The van der Waals surface area contributed by atoms with Gasteiger partial charge in [0, 0.05) is 0 Å². The molecule has 0 aliphatic carbocycles. The topological polar surface area (TPSA) is 53.4 Å². The predicted molar refractivity (Wildman–Crippen MR) is 73.4 cm³/mol. The van der Waals surface area contributed by atoms with Crippen LogP contribution in [0.3, 0.4) is 0 Å². The van der Waals surface area contributed by atoms with Crippen molar-refractivity contribution in [1.29, 1.82) is 0 Å². The molecule has 0 aromatic carbocycles. The van der Waals surface area contributed by atoms with Crippen LogP contribution >= 0.6 is 0 Å². The van der Waals surface area contributed by atoms with Crippen molar-refractivity contribution in [2.45, 2.75) is 26.8 Å². The van der Waals surface area contributed by atoms with Crippen molar-refractivity contribution < 1.29 is 9.90 Å². The summed E-state index contributed by atoms with van der Waals surface area (Å²) in [5, 5.41) is 10.6. The summed E-state index contributed by atoms with van der Waals surface area (Å²) in [7, 11) is 1.73. The van der Waals surface area contributed by atoms with E-state index in [-0.39, 0.29) is 5.91 Å². The van der Waals surface area contributed by atoms with Crippen molar-refractivity contribution in [1.82, 2.24) is 9.88 Å². The second kappa shape index (κ2) is 4.49. The van der Waals surface area contributed by atoms with Crippen LogP contribution in [0.5, 0.6) is 0 Å². The van der Waals surface area contributed by atoms with Crippen molar-refractivity contribution in [2.75, 3.05) is 13.6 Å². The number of amides is 1. The van der Waals surface area contributed by atoms with Gasteiger partial charge < -0.3 is 0 Å². The second-order valence-corrected chi connectivity index (χ2v) is 20.3. The Balaban J connectivity index is 2.43. The number of rotatable bonds is 2. The molecule has 0 unspecified atom stereocenters. The van der Waals surface area contributed by atoms with Crippen LogP contribution in [0.4, 0.5) is 0 Å². The molecule has 0 spiro atoms. The van der Waals surface area contributed by atoms with Gasteiger partial charge in [0.25, 0.3) is 0 Å². The van der Waals surface area contributed by atoms with Crippen LogP contribution in [0.2, 0.25) is 14.8 Å². The zero-order valence-electron chi connectivity index (χ0n) is 11.4. The third-order valence-corrected chi connectivity index (χ3v) is 8.68. The summed E-state index contributed by atoms with van der Waals surface area (Å²) in [5.74, 6) is -0.205. The summed E-state index contributed by atoms with van der Waals surface area (Å²) in [6.45, 7) is 0.603. The predicted octanol–water partition coefficient (Wildman–Crippen LogP) is 0.676. The molecular formula is C13H20N2O2Sn. The van der Waals surface area contributed by atoms with E-state index in [2.05, 4.69) is 19.8 Å². The van der Waals surface area contributed by atoms with E-state index in [0.29, 0.717) is 18.5 Å². The minimum absolute atomic E-state index is 0.205. The number of pyridine rings is 1. The SMILES string of the molecule is CN1CC[C@](O)(c2ccn[c]([Sn]([CH3])([CH3])[CH3])c2)C1=O. The van der Waals surface area contributed by atoms with Crippen LogP contribution in [-0.2, 0) is 10.4 Å². The molecule has 0 radical (unpaired) electrons. The monoisotopic (exact) mass is 356 g/mol. The van der Waals surface area contributed by atoms with Crippen LogP contribution < -0.4 is 3.71 Å². The van der Waals surface area contributed by atoms with Crippen molar-refractivity contribution in [2.24, 2.45) is 0 Å². The maximum atomic E-state index is 12.1. The molecule has 98 valence electrons. The van der Waals surface area contributed by atoms with E-state index in [0.717, 1.165) is 3.71 Å². The van der Waals surface area contributed by atoms with E-state index in [1.807, 2.05) is 6.07 Å². The molecule has 1 aliphatic heterocycles. The number of carbonyl (C=O) groups is 1. The van der Waals surface area contributed by atoms with E-state index in [1.165, 1.54) is 0 Å². The molecule has 1 atom stereocenters. The summed E-state index contributed by atoms with van der Waals surface area (Å²) in [6, 6.07) is 3.70. The molecule has 1 aliphatic rings. The minimum atomic E-state index is -2.27. The Morgan fingerprint density at radius 1 is 1.44 bits per heavy atom. The summed E-state index contributed by atoms with van der Waals surface area (Å²) < 4.78 is 1.09. The molecular weight excluding hydrogens is 335 g/mol. The average molecular weight is 355 g/mol. The first-order valence-electron chi connectivity index (χ1n) is 6.20. The zero-order valence-corrected chi connectivity index (χ0v) is 14.3. The second-order valence-electron chi connectivity index (χ2n) is 6.02. The number of likely N-dealkylation sites (tertiary alicyclic amines) is 1. The number of aromatic nitrogens is 1. The van der Waals surface area contributed by atoms with Crippen molar-refractivity contribution in [3.63, 3.8) is 0 Å². The van der Waals surface area contributed by atoms with E-state index in [1.54, 1.807) is 24.2 Å². The Hall–Kier alpha value is -0.621. The molecule has 1 N–H and O–H groups in total. The summed E-state index contributed by atoms with van der Waals surface area (Å²) in [4.78, 5) is 24.9. The molecule has 1 aromatic rings. The van der Waals surface area contributed by atoms with Gasteiger partial charge in [-0.1, -0.05) is 0 Å². The Bertz CT molecular complexity index is 484. The Morgan fingerprint density at radius 3 is 2.61 bits per heavy atom. The van der Waals surface area contributed by atoms with Gasteiger partial charge in [-0.3, -0.25) is 0 Å². The van der Waals surface area contributed by atoms with Gasteiger partial charge in [-0.2, -0.15) is 0 Å². The first-order chi connectivity index (χ1) is 8.25. The molecule has 5 heteroatoms. The molecule has 4 nitrogen and oxygen atoms in total. The van der Waals surface area contributed by atoms with Crippen LogP contribution in [-0.4, -0.2) is 52.9 Å². The van der Waals surface area contributed by atoms with Gasteiger partial charge in [0.05, 0.1) is 0 Å². The molecule has 1 saturated heterocycles. The van der Waals surface area contributed by atoms with Crippen LogP contribution in [0.15, 0.2) is 18.3 Å². The first kappa shape index (κ1) is 13.8. The molecule has 1 aromatic heterocycles. The molecule has 1 fully saturated rings. The van der Waals surface area contributed by atoms with E-state index in [4.69, 9.17) is 0 Å². The van der Waals surface area contributed by atoms with E-state index in [9.17, 15) is 9.90 Å². The van der Waals surface area contributed by atoms with Crippen LogP contribution in [0, 0.1) is 0 Å². The van der Waals surface area contributed by atoms with Gasteiger partial charge in [-0.25, -0.2) is 0 Å². The van der Waals surface area contributed by atoms with Crippen LogP contribution in [0.25, 0.3) is 0 Å². The fourth-order valence-corrected chi connectivity index (χ4v) is 5.22. The van der Waals surface area contributed by atoms with Crippen molar-refractivity contribution in [3.05, 3.63) is 23.9 Å². The summed E-state index contributed by atoms with van der Waals surface area (Å²) in [6.07, 6.45) is 2.18. The number of aliphatic hydroxyl groups is 1. The van der Waals surface area contributed by atoms with E-state index >= 15 is 0 Å². The van der Waals surface area contributed by atoms with Gasteiger partial charge in [-0.05, 0) is 0 Å². The zero-order chi connectivity index (χ0) is 13.6. The first-order valence-corrected chi connectivity index (χ1v) is 16.2. The third-order valence-electron chi connectivity index (χ3n) is 3.52. The van der Waals surface area contributed by atoms with Gasteiger partial charge in [0.2, 0.25) is 0 Å². The molecule has 2 rings (SSSR count). The standard InChI is InChI=1S/C10H11N2O2.3CH3.Sn/c1-12-7-4-10(14,9(12)13)8-2-5-11-6-3-8;;;;/h2-3,5,14H,4,7H2,1H3;3*1H3;/t10-;;;;/m0..../s1. The van der Waals surface area contributed by atoms with Crippen molar-refractivity contribution >= 4 is 28.0 Å². The van der Waals surface area contributed by atoms with Gasteiger partial charge in [0.15, 0.2) is 0 Å². The Morgan fingerprint density at radius 2 is 2.11 bits per heavy atom. The average Bonchev–Trinajstić information content (AvgIpc) is 2.58. The molecule has 2 heterocycles. The number of nitrogens with zero attached hydrogens (tertiary/aromatic N) is 2. The molecule has 0 bridgehead atoms. The number of hydrogen-bond donors (Lipinski definition) is 1. The maximum absolute atomic E-state index is 12.1. The normalized spacial score (nSPS) is 24.7. The Labute approximate surface area is 112 Å². The summed E-state index contributed by atoms with van der Waals surface area (Å²) >= 11 is -2.27. The Kier molecular flexibility index (Phi) is 3.44. The molecule has 18 heavy (non-hydrogen) atoms. The number of hydrogen-bond acceptors (Lipinski definition) is 3. The number of likely N-dealkylation sites (N-methyl/N-ethyl adjacent to an activating group) is 1. The summed E-state index contributed by atoms with van der Waals surface area (Å²) in [5.41, 5.74) is -0.641. The van der Waals surface area contributed by atoms with Gasteiger partial charge in [-0.15, -0.1) is 0 Å².